The normalized spacial score (nSPS) is 26.3. The lowest BCUT2D eigenvalue weighted by molar-refractivity contribution is -0.160. The second-order valence-corrected chi connectivity index (χ2v) is 8.64. The fraction of sp³-hybridized carbons (Fsp3) is 0.565. The minimum Gasteiger partial charge on any atom is -0.463 e. The molecule has 2 bridgehead atoms. The molecule has 1 aromatic carbocycles. The van der Waals surface area contributed by atoms with Crippen molar-refractivity contribution in [1.82, 2.24) is 4.90 Å². The van der Waals surface area contributed by atoms with Gasteiger partial charge >= 0.3 is 11.9 Å². The Kier molecular flexibility index (Phi) is 6.23. The molecular formula is C23H31NO4. The summed E-state index contributed by atoms with van der Waals surface area (Å²) in [6.07, 6.45) is 4.13. The van der Waals surface area contributed by atoms with Crippen LogP contribution in [-0.4, -0.2) is 41.1 Å². The van der Waals surface area contributed by atoms with E-state index >= 15 is 0 Å². The molecule has 152 valence electrons. The first kappa shape index (κ1) is 20.6. The summed E-state index contributed by atoms with van der Waals surface area (Å²) in [6, 6.07) is 10.5. The van der Waals surface area contributed by atoms with Crippen LogP contribution in [0.2, 0.25) is 0 Å². The van der Waals surface area contributed by atoms with Gasteiger partial charge in [0.2, 0.25) is 0 Å². The molecule has 0 aliphatic carbocycles. The van der Waals surface area contributed by atoms with Crippen molar-refractivity contribution in [3.8, 4) is 0 Å². The van der Waals surface area contributed by atoms with Gasteiger partial charge in [-0.25, -0.2) is 4.79 Å². The van der Waals surface area contributed by atoms with E-state index in [1.807, 2.05) is 39.0 Å². The smallest absolute Gasteiger partial charge is 0.330 e. The van der Waals surface area contributed by atoms with Crippen LogP contribution in [-0.2, 0) is 25.6 Å². The SMILES string of the molecule is CCOC(=O)/C=C1\CC[C@H]2C[C@H](C(=O)OC(C)(C)C)[C@@H]1N2Cc1ccccc1. The van der Waals surface area contributed by atoms with E-state index in [-0.39, 0.29) is 23.9 Å². The van der Waals surface area contributed by atoms with E-state index in [0.29, 0.717) is 12.6 Å². The number of nitrogens with zero attached hydrogens (tertiary/aromatic N) is 1. The molecule has 2 heterocycles. The molecule has 0 amide bonds. The summed E-state index contributed by atoms with van der Waals surface area (Å²) in [5, 5.41) is 0. The van der Waals surface area contributed by atoms with E-state index in [1.54, 1.807) is 13.0 Å². The summed E-state index contributed by atoms with van der Waals surface area (Å²) in [7, 11) is 0. The third-order valence-corrected chi connectivity index (χ3v) is 5.39. The Morgan fingerprint density at radius 3 is 2.57 bits per heavy atom. The number of ether oxygens (including phenoxy) is 2. The Hall–Kier alpha value is -2.14. The molecule has 5 heteroatoms. The highest BCUT2D eigenvalue weighted by atomic mass is 16.6. The Morgan fingerprint density at radius 1 is 1.21 bits per heavy atom. The van der Waals surface area contributed by atoms with E-state index < -0.39 is 5.60 Å². The molecule has 0 spiro atoms. The standard InChI is InChI=1S/C23H31NO4/c1-5-27-20(25)13-17-11-12-18-14-19(22(26)28-23(2,3)4)21(17)24(18)15-16-9-7-6-8-10-16/h6-10,13,18-19,21H,5,11-12,14-15H2,1-4H3/b17-13+/t18-,19-,21+/m0/s1. The average molecular weight is 386 g/mol. The van der Waals surface area contributed by atoms with E-state index in [9.17, 15) is 9.59 Å². The first-order valence-electron chi connectivity index (χ1n) is 10.2. The van der Waals surface area contributed by atoms with Crippen LogP contribution in [0.3, 0.4) is 0 Å². The average Bonchev–Trinajstić information content (AvgIpc) is 2.85. The first-order valence-corrected chi connectivity index (χ1v) is 10.2. The van der Waals surface area contributed by atoms with Gasteiger partial charge in [-0.1, -0.05) is 30.3 Å². The molecule has 0 radical (unpaired) electrons. The largest absolute Gasteiger partial charge is 0.463 e. The van der Waals surface area contributed by atoms with Crippen molar-refractivity contribution in [1.29, 1.82) is 0 Å². The number of carbonyl (C=O) groups is 2. The van der Waals surface area contributed by atoms with Gasteiger partial charge in [0.25, 0.3) is 0 Å². The lowest BCUT2D eigenvalue weighted by atomic mass is 9.91. The number of hydrogen-bond acceptors (Lipinski definition) is 5. The molecule has 2 fully saturated rings. The van der Waals surface area contributed by atoms with Crippen LogP contribution in [0.25, 0.3) is 0 Å². The van der Waals surface area contributed by atoms with Gasteiger partial charge < -0.3 is 9.47 Å². The Balaban J connectivity index is 1.89. The number of carbonyl (C=O) groups excluding carboxylic acids is 2. The third-order valence-electron chi connectivity index (χ3n) is 5.39. The molecule has 0 unspecified atom stereocenters. The van der Waals surface area contributed by atoms with Gasteiger partial charge in [-0.15, -0.1) is 0 Å². The third kappa shape index (κ3) is 4.82. The molecule has 2 aliphatic heterocycles. The zero-order valence-electron chi connectivity index (χ0n) is 17.3. The summed E-state index contributed by atoms with van der Waals surface area (Å²) < 4.78 is 10.9. The van der Waals surface area contributed by atoms with Crippen LogP contribution in [0.4, 0.5) is 0 Å². The summed E-state index contributed by atoms with van der Waals surface area (Å²) in [5.74, 6) is -0.753. The molecule has 5 nitrogen and oxygen atoms in total. The monoisotopic (exact) mass is 385 g/mol. The summed E-state index contributed by atoms with van der Waals surface area (Å²) in [5.41, 5.74) is 1.67. The quantitative estimate of drug-likeness (QED) is 0.569. The van der Waals surface area contributed by atoms with E-state index in [2.05, 4.69) is 17.0 Å². The van der Waals surface area contributed by atoms with Gasteiger partial charge in [0.15, 0.2) is 0 Å². The minimum absolute atomic E-state index is 0.113. The van der Waals surface area contributed by atoms with E-state index in [4.69, 9.17) is 9.47 Å². The lowest BCUT2D eigenvalue weighted by Gasteiger charge is -2.37. The number of hydrogen-bond donors (Lipinski definition) is 0. The molecule has 2 aliphatic rings. The van der Waals surface area contributed by atoms with Gasteiger partial charge in [-0.05, 0) is 58.1 Å². The van der Waals surface area contributed by atoms with Crippen molar-refractivity contribution in [2.45, 2.75) is 71.2 Å². The first-order chi connectivity index (χ1) is 13.3. The van der Waals surface area contributed by atoms with E-state index in [0.717, 1.165) is 31.4 Å². The molecule has 0 saturated carbocycles. The highest BCUT2D eigenvalue weighted by Gasteiger charge is 2.50. The number of benzene rings is 1. The number of fused-ring (bicyclic) bond motifs is 2. The maximum atomic E-state index is 13.0. The van der Waals surface area contributed by atoms with Crippen molar-refractivity contribution in [2.24, 2.45) is 5.92 Å². The van der Waals surface area contributed by atoms with Crippen molar-refractivity contribution >= 4 is 11.9 Å². The van der Waals surface area contributed by atoms with Crippen LogP contribution in [0, 0.1) is 5.92 Å². The van der Waals surface area contributed by atoms with Gasteiger partial charge in [-0.3, -0.25) is 9.69 Å². The predicted octanol–water partition coefficient (Wildman–Crippen LogP) is 3.87. The molecular weight excluding hydrogens is 354 g/mol. The summed E-state index contributed by atoms with van der Waals surface area (Å²) in [4.78, 5) is 27.5. The Labute approximate surface area is 167 Å². The zero-order valence-corrected chi connectivity index (χ0v) is 17.3. The molecule has 3 atom stereocenters. The van der Waals surface area contributed by atoms with Crippen molar-refractivity contribution < 1.29 is 19.1 Å². The van der Waals surface area contributed by atoms with Crippen molar-refractivity contribution in [2.75, 3.05) is 6.61 Å². The summed E-state index contributed by atoms with van der Waals surface area (Å²) in [6.45, 7) is 8.58. The maximum absolute atomic E-state index is 13.0. The lowest BCUT2D eigenvalue weighted by Crippen LogP contribution is -2.44. The summed E-state index contributed by atoms with van der Waals surface area (Å²) >= 11 is 0. The molecule has 1 aromatic rings. The fourth-order valence-electron chi connectivity index (χ4n) is 4.37. The Bertz CT molecular complexity index is 735. The van der Waals surface area contributed by atoms with Crippen LogP contribution in [0.5, 0.6) is 0 Å². The van der Waals surface area contributed by atoms with Crippen LogP contribution >= 0.6 is 0 Å². The maximum Gasteiger partial charge on any atom is 0.330 e. The van der Waals surface area contributed by atoms with Gasteiger partial charge in [0.05, 0.1) is 12.5 Å². The highest BCUT2D eigenvalue weighted by Crippen LogP contribution is 2.44. The van der Waals surface area contributed by atoms with Crippen molar-refractivity contribution in [3.05, 3.63) is 47.5 Å². The number of esters is 2. The molecule has 0 N–H and O–H groups in total. The molecule has 0 aromatic heterocycles. The number of rotatable bonds is 5. The molecule has 3 rings (SSSR count). The van der Waals surface area contributed by atoms with Gasteiger partial charge in [0.1, 0.15) is 5.60 Å². The van der Waals surface area contributed by atoms with Crippen LogP contribution in [0.15, 0.2) is 42.0 Å². The molecule has 2 saturated heterocycles. The molecule has 28 heavy (non-hydrogen) atoms. The van der Waals surface area contributed by atoms with Crippen LogP contribution < -0.4 is 0 Å². The van der Waals surface area contributed by atoms with Gasteiger partial charge in [-0.2, -0.15) is 0 Å². The van der Waals surface area contributed by atoms with Gasteiger partial charge in [0, 0.05) is 24.7 Å². The topological polar surface area (TPSA) is 55.8 Å². The zero-order chi connectivity index (χ0) is 20.3. The predicted molar refractivity (Wildman–Crippen MR) is 107 cm³/mol. The highest BCUT2D eigenvalue weighted by molar-refractivity contribution is 5.84. The second-order valence-electron chi connectivity index (χ2n) is 8.64. The second kappa shape index (κ2) is 8.48. The minimum atomic E-state index is -0.525. The fourth-order valence-corrected chi connectivity index (χ4v) is 4.37. The Morgan fingerprint density at radius 2 is 1.93 bits per heavy atom. The number of piperidine rings is 1. The van der Waals surface area contributed by atoms with Crippen LogP contribution in [0.1, 0.15) is 52.5 Å². The van der Waals surface area contributed by atoms with Crippen molar-refractivity contribution in [3.63, 3.8) is 0 Å². The van der Waals surface area contributed by atoms with E-state index in [1.165, 1.54) is 5.56 Å².